The Hall–Kier alpha value is -0.170. The number of rotatable bonds is 3. The van der Waals surface area contributed by atoms with Crippen LogP contribution in [-0.4, -0.2) is 50.8 Å². The molecule has 0 radical (unpaired) electrons. The number of hydrogen-bond acceptors (Lipinski definition) is 4. The second kappa shape index (κ2) is 5.07. The van der Waals surface area contributed by atoms with Gasteiger partial charge >= 0.3 is 0 Å². The van der Waals surface area contributed by atoms with Crippen molar-refractivity contribution < 1.29 is 13.2 Å². The third-order valence-corrected chi connectivity index (χ3v) is 6.13. The van der Waals surface area contributed by atoms with Crippen LogP contribution in [0.3, 0.4) is 0 Å². The number of sulfonamides is 1. The molecule has 18 heavy (non-hydrogen) atoms. The van der Waals surface area contributed by atoms with Gasteiger partial charge in [0, 0.05) is 25.7 Å². The molecule has 0 aromatic heterocycles. The van der Waals surface area contributed by atoms with Gasteiger partial charge in [-0.1, -0.05) is 13.8 Å². The molecule has 6 heteroatoms. The molecular weight excluding hydrogens is 252 g/mol. The SMILES string of the molecule is CC1(C)CN(S(=O)(=O)CC2CCOC2)CCC1N. The lowest BCUT2D eigenvalue weighted by molar-refractivity contribution is 0.154. The highest BCUT2D eigenvalue weighted by Gasteiger charge is 2.39. The number of nitrogens with two attached hydrogens (primary N) is 1. The van der Waals surface area contributed by atoms with E-state index in [4.69, 9.17) is 10.5 Å². The van der Waals surface area contributed by atoms with Crippen molar-refractivity contribution in [3.05, 3.63) is 0 Å². The van der Waals surface area contributed by atoms with Crippen LogP contribution in [0.25, 0.3) is 0 Å². The first-order valence-corrected chi connectivity index (χ1v) is 8.23. The Balaban J connectivity index is 2.01. The average molecular weight is 276 g/mol. The molecule has 2 unspecified atom stereocenters. The molecule has 0 bridgehead atoms. The van der Waals surface area contributed by atoms with E-state index in [1.54, 1.807) is 4.31 Å². The smallest absolute Gasteiger partial charge is 0.214 e. The van der Waals surface area contributed by atoms with Crippen LogP contribution in [-0.2, 0) is 14.8 Å². The molecule has 0 aliphatic carbocycles. The minimum Gasteiger partial charge on any atom is -0.381 e. The topological polar surface area (TPSA) is 72.6 Å². The molecule has 2 N–H and O–H groups in total. The summed E-state index contributed by atoms with van der Waals surface area (Å²) in [5.74, 6) is 0.381. The molecule has 2 fully saturated rings. The van der Waals surface area contributed by atoms with E-state index in [0.29, 0.717) is 26.3 Å². The van der Waals surface area contributed by atoms with E-state index in [2.05, 4.69) is 0 Å². The Morgan fingerprint density at radius 3 is 2.67 bits per heavy atom. The molecule has 0 spiro atoms. The van der Waals surface area contributed by atoms with E-state index in [-0.39, 0.29) is 23.1 Å². The Kier molecular flexibility index (Phi) is 4.02. The van der Waals surface area contributed by atoms with Crippen molar-refractivity contribution in [3.63, 3.8) is 0 Å². The van der Waals surface area contributed by atoms with Crippen molar-refractivity contribution in [3.8, 4) is 0 Å². The highest BCUT2D eigenvalue weighted by Crippen LogP contribution is 2.30. The van der Waals surface area contributed by atoms with Crippen LogP contribution in [0.1, 0.15) is 26.7 Å². The molecule has 5 nitrogen and oxygen atoms in total. The summed E-state index contributed by atoms with van der Waals surface area (Å²) in [5, 5.41) is 0. The lowest BCUT2D eigenvalue weighted by Gasteiger charge is -2.42. The lowest BCUT2D eigenvalue weighted by Crippen LogP contribution is -2.54. The average Bonchev–Trinajstić information content (AvgIpc) is 2.73. The summed E-state index contributed by atoms with van der Waals surface area (Å²) in [6.45, 7) is 6.44. The Labute approximate surface area is 110 Å². The highest BCUT2D eigenvalue weighted by atomic mass is 32.2. The standard InChI is InChI=1S/C12H24N2O3S/c1-12(2)9-14(5-3-11(12)13)18(15,16)8-10-4-6-17-7-10/h10-11H,3-9,13H2,1-2H3. The highest BCUT2D eigenvalue weighted by molar-refractivity contribution is 7.89. The fourth-order valence-corrected chi connectivity index (χ4v) is 4.66. The summed E-state index contributed by atoms with van der Waals surface area (Å²) in [6, 6.07) is 0.0822. The zero-order valence-electron chi connectivity index (χ0n) is 11.3. The molecule has 2 aliphatic rings. The van der Waals surface area contributed by atoms with Gasteiger partial charge in [0.2, 0.25) is 10.0 Å². The van der Waals surface area contributed by atoms with Gasteiger partial charge in [-0.25, -0.2) is 12.7 Å². The first-order chi connectivity index (χ1) is 8.31. The Bertz CT molecular complexity index is 388. The van der Waals surface area contributed by atoms with Crippen molar-refractivity contribution >= 4 is 10.0 Å². The van der Waals surface area contributed by atoms with E-state index in [1.807, 2.05) is 13.8 Å². The molecule has 2 heterocycles. The Morgan fingerprint density at radius 2 is 2.11 bits per heavy atom. The molecule has 0 aromatic rings. The van der Waals surface area contributed by atoms with E-state index < -0.39 is 10.0 Å². The molecule has 0 amide bonds. The molecule has 2 rings (SSSR count). The second-order valence-corrected chi connectivity index (χ2v) is 8.24. The zero-order valence-corrected chi connectivity index (χ0v) is 12.1. The van der Waals surface area contributed by atoms with E-state index >= 15 is 0 Å². The summed E-state index contributed by atoms with van der Waals surface area (Å²) in [4.78, 5) is 0. The number of nitrogens with zero attached hydrogens (tertiary/aromatic N) is 1. The fraction of sp³-hybridized carbons (Fsp3) is 1.00. The van der Waals surface area contributed by atoms with Crippen molar-refractivity contribution in [2.24, 2.45) is 17.1 Å². The van der Waals surface area contributed by atoms with Crippen LogP contribution in [0.15, 0.2) is 0 Å². The van der Waals surface area contributed by atoms with Crippen molar-refractivity contribution in [1.82, 2.24) is 4.31 Å². The lowest BCUT2D eigenvalue weighted by atomic mass is 9.81. The third kappa shape index (κ3) is 3.04. The summed E-state index contributed by atoms with van der Waals surface area (Å²) in [7, 11) is -3.16. The van der Waals surface area contributed by atoms with Crippen LogP contribution < -0.4 is 5.73 Å². The molecule has 0 saturated carbocycles. The van der Waals surface area contributed by atoms with E-state index in [0.717, 1.165) is 12.8 Å². The summed E-state index contributed by atoms with van der Waals surface area (Å²) < 4.78 is 31.6. The number of piperidine rings is 1. The van der Waals surface area contributed by atoms with Gasteiger partial charge in [-0.15, -0.1) is 0 Å². The predicted octanol–water partition coefficient (Wildman–Crippen LogP) is 0.412. The van der Waals surface area contributed by atoms with E-state index in [9.17, 15) is 8.42 Å². The molecule has 2 saturated heterocycles. The monoisotopic (exact) mass is 276 g/mol. The van der Waals surface area contributed by atoms with Gasteiger partial charge in [-0.05, 0) is 24.2 Å². The maximum atomic E-state index is 12.4. The van der Waals surface area contributed by atoms with Gasteiger partial charge in [-0.2, -0.15) is 0 Å². The predicted molar refractivity (Wildman–Crippen MR) is 70.7 cm³/mol. The van der Waals surface area contributed by atoms with Gasteiger partial charge in [-0.3, -0.25) is 0 Å². The minimum atomic E-state index is -3.16. The van der Waals surface area contributed by atoms with Crippen LogP contribution in [0.5, 0.6) is 0 Å². The summed E-state index contributed by atoms with van der Waals surface area (Å²) in [5.41, 5.74) is 5.90. The summed E-state index contributed by atoms with van der Waals surface area (Å²) >= 11 is 0. The van der Waals surface area contributed by atoms with Crippen LogP contribution >= 0.6 is 0 Å². The first-order valence-electron chi connectivity index (χ1n) is 6.62. The molecule has 0 aromatic carbocycles. The maximum Gasteiger partial charge on any atom is 0.214 e. The van der Waals surface area contributed by atoms with Gasteiger partial charge in [0.1, 0.15) is 0 Å². The number of hydrogen-bond donors (Lipinski definition) is 1. The van der Waals surface area contributed by atoms with Gasteiger partial charge < -0.3 is 10.5 Å². The zero-order chi connectivity index (χ0) is 13.4. The second-order valence-electron chi connectivity index (χ2n) is 6.23. The Morgan fingerprint density at radius 1 is 1.39 bits per heavy atom. The maximum absolute atomic E-state index is 12.4. The van der Waals surface area contributed by atoms with Crippen molar-refractivity contribution in [1.29, 1.82) is 0 Å². The van der Waals surface area contributed by atoms with Gasteiger partial charge in [0.05, 0.1) is 12.4 Å². The normalized spacial score (nSPS) is 33.7. The van der Waals surface area contributed by atoms with E-state index in [1.165, 1.54) is 0 Å². The van der Waals surface area contributed by atoms with Crippen molar-refractivity contribution in [2.75, 3.05) is 32.1 Å². The quantitative estimate of drug-likeness (QED) is 0.810. The van der Waals surface area contributed by atoms with Gasteiger partial charge in [0.25, 0.3) is 0 Å². The third-order valence-electron chi connectivity index (χ3n) is 4.14. The van der Waals surface area contributed by atoms with Crippen LogP contribution in [0.2, 0.25) is 0 Å². The molecular formula is C12H24N2O3S. The fourth-order valence-electron chi connectivity index (χ4n) is 2.68. The molecule has 106 valence electrons. The van der Waals surface area contributed by atoms with Crippen molar-refractivity contribution in [2.45, 2.75) is 32.7 Å². The van der Waals surface area contributed by atoms with Crippen LogP contribution in [0.4, 0.5) is 0 Å². The molecule has 2 atom stereocenters. The summed E-state index contributed by atoms with van der Waals surface area (Å²) in [6.07, 6.45) is 1.60. The van der Waals surface area contributed by atoms with Crippen LogP contribution in [0, 0.1) is 11.3 Å². The first kappa shape index (κ1) is 14.2. The number of ether oxygens (including phenoxy) is 1. The largest absolute Gasteiger partial charge is 0.381 e. The van der Waals surface area contributed by atoms with Gasteiger partial charge in [0.15, 0.2) is 0 Å². The molecule has 2 aliphatic heterocycles. The minimum absolute atomic E-state index is 0.0822.